The van der Waals surface area contributed by atoms with E-state index in [-0.39, 0.29) is 5.91 Å². The Morgan fingerprint density at radius 3 is 2.59 bits per heavy atom. The number of piperidine rings is 1. The van der Waals surface area contributed by atoms with E-state index in [1.165, 1.54) is 16.3 Å². The van der Waals surface area contributed by atoms with Gasteiger partial charge in [-0.1, -0.05) is 18.2 Å². The van der Waals surface area contributed by atoms with Crippen molar-refractivity contribution in [2.75, 3.05) is 33.8 Å². The molecular weight excluding hydrogens is 364 g/mol. The number of benzene rings is 2. The Balaban J connectivity index is 1.65. The number of hydrogen-bond donors (Lipinski definition) is 2. The van der Waals surface area contributed by atoms with Crippen molar-refractivity contribution in [2.24, 2.45) is 10.9 Å². The minimum Gasteiger partial charge on any atom is -0.497 e. The van der Waals surface area contributed by atoms with Gasteiger partial charge in [-0.2, -0.15) is 0 Å². The zero-order valence-electron chi connectivity index (χ0n) is 17.7. The van der Waals surface area contributed by atoms with Crippen LogP contribution in [-0.4, -0.2) is 50.6 Å². The number of nitrogens with one attached hydrogen (secondary N) is 2. The highest BCUT2D eigenvalue weighted by atomic mass is 16.5. The molecule has 0 spiro atoms. The molecule has 0 unspecified atom stereocenters. The first-order valence-electron chi connectivity index (χ1n) is 10.4. The number of methoxy groups -OCH3 is 1. The summed E-state index contributed by atoms with van der Waals surface area (Å²) in [5.41, 5.74) is 1.19. The van der Waals surface area contributed by atoms with Crippen LogP contribution in [0.2, 0.25) is 0 Å². The van der Waals surface area contributed by atoms with E-state index in [2.05, 4.69) is 52.8 Å². The second-order valence-corrected chi connectivity index (χ2v) is 7.53. The molecular formula is C23H32N4O2. The predicted molar refractivity (Wildman–Crippen MR) is 118 cm³/mol. The molecule has 1 saturated heterocycles. The minimum absolute atomic E-state index is 0.137. The van der Waals surface area contributed by atoms with Gasteiger partial charge in [0.15, 0.2) is 5.96 Å². The standard InChI is InChI=1S/C23H32N4O2/c1-4-25-23(27-11-9-17(10-12-27)14-22(28)24-2)26-16-18-5-6-20-15-21(29-3)8-7-19(20)13-18/h5-8,13,15,17H,4,9-12,14,16H2,1-3H3,(H,24,28)(H,25,26). The van der Waals surface area contributed by atoms with E-state index in [1.54, 1.807) is 14.2 Å². The number of hydrogen-bond acceptors (Lipinski definition) is 3. The van der Waals surface area contributed by atoms with E-state index in [1.807, 2.05) is 6.07 Å². The molecule has 0 radical (unpaired) electrons. The molecule has 2 aromatic rings. The van der Waals surface area contributed by atoms with Gasteiger partial charge in [-0.3, -0.25) is 4.79 Å². The molecule has 0 atom stereocenters. The molecule has 0 saturated carbocycles. The number of carbonyl (C=O) groups excluding carboxylic acids is 1. The highest BCUT2D eigenvalue weighted by Gasteiger charge is 2.23. The Morgan fingerprint density at radius 2 is 1.90 bits per heavy atom. The van der Waals surface area contributed by atoms with Gasteiger partial charge in [-0.25, -0.2) is 4.99 Å². The summed E-state index contributed by atoms with van der Waals surface area (Å²) in [4.78, 5) is 18.8. The first kappa shape index (κ1) is 21.0. The number of nitrogens with zero attached hydrogens (tertiary/aromatic N) is 2. The molecule has 2 aromatic carbocycles. The maximum atomic E-state index is 11.6. The van der Waals surface area contributed by atoms with Gasteiger partial charge in [0.25, 0.3) is 0 Å². The van der Waals surface area contributed by atoms with E-state index in [0.717, 1.165) is 44.2 Å². The number of likely N-dealkylation sites (tertiary alicyclic amines) is 1. The van der Waals surface area contributed by atoms with Gasteiger partial charge in [0.2, 0.25) is 5.91 Å². The lowest BCUT2D eigenvalue weighted by atomic mass is 9.93. The second kappa shape index (κ2) is 10.1. The quantitative estimate of drug-likeness (QED) is 0.581. The largest absolute Gasteiger partial charge is 0.497 e. The molecule has 1 amide bonds. The highest BCUT2D eigenvalue weighted by Crippen LogP contribution is 2.23. The molecule has 0 bridgehead atoms. The van der Waals surface area contributed by atoms with Crippen molar-refractivity contribution in [1.29, 1.82) is 0 Å². The van der Waals surface area contributed by atoms with Gasteiger partial charge in [-0.15, -0.1) is 0 Å². The molecule has 0 aliphatic carbocycles. The Morgan fingerprint density at radius 1 is 1.17 bits per heavy atom. The van der Waals surface area contributed by atoms with Crippen molar-refractivity contribution < 1.29 is 9.53 Å². The van der Waals surface area contributed by atoms with Crippen molar-refractivity contribution in [1.82, 2.24) is 15.5 Å². The van der Waals surface area contributed by atoms with Crippen LogP contribution >= 0.6 is 0 Å². The summed E-state index contributed by atoms with van der Waals surface area (Å²) < 4.78 is 5.30. The minimum atomic E-state index is 0.137. The smallest absolute Gasteiger partial charge is 0.220 e. The number of guanidine groups is 1. The van der Waals surface area contributed by atoms with Crippen molar-refractivity contribution in [2.45, 2.75) is 32.7 Å². The van der Waals surface area contributed by atoms with Crippen molar-refractivity contribution in [3.05, 3.63) is 42.0 Å². The van der Waals surface area contributed by atoms with Crippen LogP contribution < -0.4 is 15.4 Å². The summed E-state index contributed by atoms with van der Waals surface area (Å²) in [5, 5.41) is 8.51. The monoisotopic (exact) mass is 396 g/mol. The number of rotatable bonds is 6. The van der Waals surface area contributed by atoms with Crippen LogP contribution in [0.25, 0.3) is 10.8 Å². The molecule has 1 fully saturated rings. The van der Waals surface area contributed by atoms with Crippen LogP contribution in [0.15, 0.2) is 41.4 Å². The average Bonchev–Trinajstić information content (AvgIpc) is 2.76. The fourth-order valence-electron chi connectivity index (χ4n) is 3.80. The van der Waals surface area contributed by atoms with Crippen molar-refractivity contribution in [3.63, 3.8) is 0 Å². The molecule has 2 N–H and O–H groups in total. The Bertz CT molecular complexity index is 857. The Hall–Kier alpha value is -2.76. The summed E-state index contributed by atoms with van der Waals surface area (Å²) >= 11 is 0. The van der Waals surface area contributed by atoms with Crippen LogP contribution in [0, 0.1) is 5.92 Å². The Labute approximate surface area is 173 Å². The molecule has 3 rings (SSSR count). The zero-order chi connectivity index (χ0) is 20.6. The lowest BCUT2D eigenvalue weighted by molar-refractivity contribution is -0.121. The molecule has 1 heterocycles. The van der Waals surface area contributed by atoms with Crippen LogP contribution in [0.3, 0.4) is 0 Å². The van der Waals surface area contributed by atoms with Gasteiger partial charge in [0, 0.05) is 33.1 Å². The predicted octanol–water partition coefficient (Wildman–Crippen LogP) is 3.16. The normalized spacial score (nSPS) is 15.4. The van der Waals surface area contributed by atoms with E-state index >= 15 is 0 Å². The topological polar surface area (TPSA) is 66.0 Å². The maximum Gasteiger partial charge on any atom is 0.220 e. The van der Waals surface area contributed by atoms with Crippen LogP contribution in [-0.2, 0) is 11.3 Å². The molecule has 0 aromatic heterocycles. The summed E-state index contributed by atoms with van der Waals surface area (Å²) in [6, 6.07) is 12.6. The first-order chi connectivity index (χ1) is 14.1. The molecule has 156 valence electrons. The van der Waals surface area contributed by atoms with E-state index in [9.17, 15) is 4.79 Å². The van der Waals surface area contributed by atoms with Gasteiger partial charge >= 0.3 is 0 Å². The molecule has 6 heteroatoms. The lowest BCUT2D eigenvalue weighted by Crippen LogP contribution is -2.46. The molecule has 6 nitrogen and oxygen atoms in total. The number of ether oxygens (including phenoxy) is 1. The van der Waals surface area contributed by atoms with Gasteiger partial charge < -0.3 is 20.3 Å². The number of aliphatic imine (C=N–C) groups is 1. The van der Waals surface area contributed by atoms with E-state index in [4.69, 9.17) is 9.73 Å². The number of fused-ring (bicyclic) bond motifs is 1. The third-order valence-electron chi connectivity index (χ3n) is 5.53. The summed E-state index contributed by atoms with van der Waals surface area (Å²) in [6.07, 6.45) is 2.67. The van der Waals surface area contributed by atoms with Gasteiger partial charge in [0.1, 0.15) is 5.75 Å². The van der Waals surface area contributed by atoms with Gasteiger partial charge in [0.05, 0.1) is 13.7 Å². The SMILES string of the molecule is CCNC(=NCc1ccc2cc(OC)ccc2c1)N1CCC(CC(=O)NC)CC1. The fourth-order valence-corrected chi connectivity index (χ4v) is 3.80. The highest BCUT2D eigenvalue weighted by molar-refractivity contribution is 5.85. The van der Waals surface area contributed by atoms with Crippen LogP contribution in [0.1, 0.15) is 31.7 Å². The average molecular weight is 397 g/mol. The molecule has 29 heavy (non-hydrogen) atoms. The summed E-state index contributed by atoms with van der Waals surface area (Å²) in [7, 11) is 3.39. The summed E-state index contributed by atoms with van der Waals surface area (Å²) in [6.45, 7) is 5.45. The fraction of sp³-hybridized carbons (Fsp3) is 0.478. The van der Waals surface area contributed by atoms with Crippen LogP contribution in [0.5, 0.6) is 5.75 Å². The van der Waals surface area contributed by atoms with E-state index < -0.39 is 0 Å². The molecule has 1 aliphatic rings. The lowest BCUT2D eigenvalue weighted by Gasteiger charge is -2.34. The number of carbonyl (C=O) groups is 1. The van der Waals surface area contributed by atoms with Crippen molar-refractivity contribution in [3.8, 4) is 5.75 Å². The number of amides is 1. The Kier molecular flexibility index (Phi) is 7.33. The second-order valence-electron chi connectivity index (χ2n) is 7.53. The third kappa shape index (κ3) is 5.62. The zero-order valence-corrected chi connectivity index (χ0v) is 17.7. The maximum absolute atomic E-state index is 11.6. The van der Waals surface area contributed by atoms with Crippen LogP contribution in [0.4, 0.5) is 0 Å². The third-order valence-corrected chi connectivity index (χ3v) is 5.53. The first-order valence-corrected chi connectivity index (χ1v) is 10.4. The van der Waals surface area contributed by atoms with Gasteiger partial charge in [-0.05, 0) is 60.2 Å². The van der Waals surface area contributed by atoms with E-state index in [0.29, 0.717) is 18.9 Å². The molecule has 1 aliphatic heterocycles. The summed E-state index contributed by atoms with van der Waals surface area (Å²) in [5.74, 6) is 2.43. The van der Waals surface area contributed by atoms with Crippen molar-refractivity contribution >= 4 is 22.6 Å².